The Morgan fingerprint density at radius 3 is 2.39 bits per heavy atom. The van der Waals surface area contributed by atoms with Gasteiger partial charge in [-0.3, -0.25) is 9.59 Å². The number of nitrogens with one attached hydrogen (secondary N) is 2. The predicted octanol–water partition coefficient (Wildman–Crippen LogP) is 0.361. The van der Waals surface area contributed by atoms with Crippen molar-refractivity contribution in [2.45, 2.75) is 33.1 Å². The molecule has 0 aliphatic carbocycles. The Kier molecular flexibility index (Phi) is 5.59. The second-order valence-corrected chi connectivity index (χ2v) is 5.00. The lowest BCUT2D eigenvalue weighted by Crippen LogP contribution is -2.50. The molecule has 1 heterocycles. The van der Waals surface area contributed by atoms with Gasteiger partial charge in [0, 0.05) is 13.6 Å². The second-order valence-electron chi connectivity index (χ2n) is 5.00. The summed E-state index contributed by atoms with van der Waals surface area (Å²) < 4.78 is 0. The number of likely N-dealkylation sites (N-methyl/N-ethyl adjacent to an activating group) is 2. The van der Waals surface area contributed by atoms with Crippen molar-refractivity contribution in [2.24, 2.45) is 5.41 Å². The molecular formula is C13H25N3O2. The van der Waals surface area contributed by atoms with E-state index < -0.39 is 0 Å². The van der Waals surface area contributed by atoms with Crippen LogP contribution in [0.5, 0.6) is 0 Å². The fourth-order valence-corrected chi connectivity index (χ4v) is 2.57. The molecule has 0 bridgehead atoms. The van der Waals surface area contributed by atoms with E-state index in [-0.39, 0.29) is 23.8 Å². The Balaban J connectivity index is 2.62. The number of nitrogens with zero attached hydrogens (tertiary/aromatic N) is 1. The molecule has 0 radical (unpaired) electrons. The van der Waals surface area contributed by atoms with Gasteiger partial charge in [0.15, 0.2) is 0 Å². The Bertz CT molecular complexity index is 299. The first-order chi connectivity index (χ1) is 8.55. The van der Waals surface area contributed by atoms with Crippen LogP contribution in [0.25, 0.3) is 0 Å². The standard InChI is InChI=1S/C13H25N3O2/c1-4-13(6-8-14-9-7-13)12(18)16(3)10-11(17)15-5-2/h14H,4-10H2,1-3H3,(H,15,17). The maximum absolute atomic E-state index is 12.5. The quantitative estimate of drug-likeness (QED) is 0.746. The number of piperidine rings is 1. The van der Waals surface area contributed by atoms with Gasteiger partial charge in [0.2, 0.25) is 11.8 Å². The number of hydrogen-bond donors (Lipinski definition) is 2. The summed E-state index contributed by atoms with van der Waals surface area (Å²) in [5, 5.41) is 6.00. The SMILES string of the molecule is CCNC(=O)CN(C)C(=O)C1(CC)CCNCC1. The summed E-state index contributed by atoms with van der Waals surface area (Å²) in [5.41, 5.74) is -0.271. The van der Waals surface area contributed by atoms with Gasteiger partial charge in [-0.05, 0) is 39.3 Å². The van der Waals surface area contributed by atoms with Crippen LogP contribution in [0, 0.1) is 5.41 Å². The summed E-state index contributed by atoms with van der Waals surface area (Å²) in [4.78, 5) is 25.6. The van der Waals surface area contributed by atoms with Crippen LogP contribution < -0.4 is 10.6 Å². The number of carbonyl (C=O) groups excluding carboxylic acids is 2. The number of hydrogen-bond acceptors (Lipinski definition) is 3. The topological polar surface area (TPSA) is 61.4 Å². The van der Waals surface area contributed by atoms with Crippen LogP contribution in [0.1, 0.15) is 33.1 Å². The van der Waals surface area contributed by atoms with Crippen molar-refractivity contribution < 1.29 is 9.59 Å². The van der Waals surface area contributed by atoms with Crippen molar-refractivity contribution >= 4 is 11.8 Å². The van der Waals surface area contributed by atoms with Crippen LogP contribution in [-0.4, -0.2) is 49.9 Å². The third kappa shape index (κ3) is 3.45. The lowest BCUT2D eigenvalue weighted by Gasteiger charge is -2.38. The predicted molar refractivity (Wildman–Crippen MR) is 71.1 cm³/mol. The number of amides is 2. The third-order valence-corrected chi connectivity index (χ3v) is 3.79. The Labute approximate surface area is 109 Å². The van der Waals surface area contributed by atoms with E-state index in [9.17, 15) is 9.59 Å². The lowest BCUT2D eigenvalue weighted by molar-refractivity contribution is -0.145. The first-order valence-electron chi connectivity index (χ1n) is 6.78. The van der Waals surface area contributed by atoms with Gasteiger partial charge >= 0.3 is 0 Å². The van der Waals surface area contributed by atoms with Crippen molar-refractivity contribution in [3.8, 4) is 0 Å². The van der Waals surface area contributed by atoms with Gasteiger partial charge in [-0.25, -0.2) is 0 Å². The molecule has 2 amide bonds. The highest BCUT2D eigenvalue weighted by Crippen LogP contribution is 2.34. The molecule has 5 heteroatoms. The zero-order valence-electron chi connectivity index (χ0n) is 11.7. The molecule has 0 atom stereocenters. The molecule has 1 rings (SSSR count). The summed E-state index contributed by atoms with van der Waals surface area (Å²) in [6.07, 6.45) is 2.57. The van der Waals surface area contributed by atoms with E-state index in [0.717, 1.165) is 32.4 Å². The second kappa shape index (κ2) is 6.73. The van der Waals surface area contributed by atoms with Gasteiger partial charge < -0.3 is 15.5 Å². The van der Waals surface area contributed by atoms with Crippen LogP contribution in [0.4, 0.5) is 0 Å². The Morgan fingerprint density at radius 2 is 1.89 bits per heavy atom. The molecule has 1 fully saturated rings. The molecule has 0 unspecified atom stereocenters. The molecule has 0 aromatic rings. The Morgan fingerprint density at radius 1 is 1.28 bits per heavy atom. The van der Waals surface area contributed by atoms with Crippen molar-refractivity contribution in [1.29, 1.82) is 0 Å². The van der Waals surface area contributed by atoms with E-state index in [0.29, 0.717) is 6.54 Å². The highest BCUT2D eigenvalue weighted by Gasteiger charge is 2.39. The minimum absolute atomic E-state index is 0.0893. The normalized spacial score (nSPS) is 18.2. The smallest absolute Gasteiger partial charge is 0.239 e. The Hall–Kier alpha value is -1.10. The van der Waals surface area contributed by atoms with Crippen LogP contribution in [0.2, 0.25) is 0 Å². The van der Waals surface area contributed by atoms with Crippen molar-refractivity contribution in [3.05, 3.63) is 0 Å². The molecule has 2 N–H and O–H groups in total. The largest absolute Gasteiger partial charge is 0.355 e. The molecule has 5 nitrogen and oxygen atoms in total. The van der Waals surface area contributed by atoms with Gasteiger partial charge in [-0.15, -0.1) is 0 Å². The summed E-state index contributed by atoms with van der Waals surface area (Å²) in [5.74, 6) is 0.0197. The average Bonchev–Trinajstić information content (AvgIpc) is 2.38. The molecule has 0 aromatic heterocycles. The fraction of sp³-hybridized carbons (Fsp3) is 0.846. The maximum Gasteiger partial charge on any atom is 0.239 e. The zero-order valence-corrected chi connectivity index (χ0v) is 11.7. The molecule has 0 spiro atoms. The first kappa shape index (κ1) is 15.0. The highest BCUT2D eigenvalue weighted by molar-refractivity contribution is 5.87. The van der Waals surface area contributed by atoms with E-state index in [1.54, 1.807) is 11.9 Å². The van der Waals surface area contributed by atoms with Gasteiger partial charge in [-0.2, -0.15) is 0 Å². The fourth-order valence-electron chi connectivity index (χ4n) is 2.57. The van der Waals surface area contributed by atoms with E-state index in [2.05, 4.69) is 17.6 Å². The maximum atomic E-state index is 12.5. The summed E-state index contributed by atoms with van der Waals surface area (Å²) in [7, 11) is 1.72. The van der Waals surface area contributed by atoms with E-state index >= 15 is 0 Å². The van der Waals surface area contributed by atoms with E-state index in [1.165, 1.54) is 0 Å². The minimum Gasteiger partial charge on any atom is -0.355 e. The summed E-state index contributed by atoms with van der Waals surface area (Å²) in [6.45, 7) is 6.46. The molecule has 18 heavy (non-hydrogen) atoms. The summed E-state index contributed by atoms with van der Waals surface area (Å²) in [6, 6.07) is 0. The van der Waals surface area contributed by atoms with Gasteiger partial charge in [-0.1, -0.05) is 6.92 Å². The van der Waals surface area contributed by atoms with Gasteiger partial charge in [0.05, 0.1) is 12.0 Å². The zero-order chi connectivity index (χ0) is 13.6. The molecule has 1 saturated heterocycles. The van der Waals surface area contributed by atoms with Gasteiger partial charge in [0.25, 0.3) is 0 Å². The number of carbonyl (C=O) groups is 2. The van der Waals surface area contributed by atoms with Crippen molar-refractivity contribution in [2.75, 3.05) is 33.2 Å². The van der Waals surface area contributed by atoms with Crippen LogP contribution in [0.15, 0.2) is 0 Å². The van der Waals surface area contributed by atoms with Crippen LogP contribution >= 0.6 is 0 Å². The van der Waals surface area contributed by atoms with Crippen molar-refractivity contribution in [1.82, 2.24) is 15.5 Å². The highest BCUT2D eigenvalue weighted by atomic mass is 16.2. The average molecular weight is 255 g/mol. The molecule has 0 saturated carbocycles. The number of rotatable bonds is 5. The van der Waals surface area contributed by atoms with E-state index in [4.69, 9.17) is 0 Å². The monoisotopic (exact) mass is 255 g/mol. The molecule has 104 valence electrons. The molecular weight excluding hydrogens is 230 g/mol. The lowest BCUT2D eigenvalue weighted by atomic mass is 9.75. The third-order valence-electron chi connectivity index (χ3n) is 3.79. The molecule has 1 aliphatic rings. The first-order valence-corrected chi connectivity index (χ1v) is 6.78. The summed E-state index contributed by atoms with van der Waals surface area (Å²) >= 11 is 0. The van der Waals surface area contributed by atoms with Gasteiger partial charge in [0.1, 0.15) is 0 Å². The van der Waals surface area contributed by atoms with Crippen LogP contribution in [0.3, 0.4) is 0 Å². The minimum atomic E-state index is -0.271. The van der Waals surface area contributed by atoms with E-state index in [1.807, 2.05) is 6.92 Å². The van der Waals surface area contributed by atoms with Crippen molar-refractivity contribution in [3.63, 3.8) is 0 Å². The molecule has 0 aromatic carbocycles. The van der Waals surface area contributed by atoms with Crippen LogP contribution in [-0.2, 0) is 9.59 Å². The molecule has 1 aliphatic heterocycles.